The molecule has 0 aliphatic heterocycles. The van der Waals surface area contributed by atoms with Crippen LogP contribution in [0.1, 0.15) is 41.5 Å². The summed E-state index contributed by atoms with van der Waals surface area (Å²) in [6, 6.07) is 9.55. The third kappa shape index (κ3) is 4.22. The fourth-order valence-electron chi connectivity index (χ4n) is 2.50. The fraction of sp³-hybridized carbons (Fsp3) is 0.389. The number of nitrogens with zero attached hydrogens (tertiary/aromatic N) is 2. The molecule has 1 aromatic heterocycles. The first kappa shape index (κ1) is 17.7. The Bertz CT molecular complexity index is 720. The third-order valence-corrected chi connectivity index (χ3v) is 3.89. The Kier molecular flexibility index (Phi) is 5.73. The maximum atomic E-state index is 12.2. The van der Waals surface area contributed by atoms with Gasteiger partial charge in [0.25, 0.3) is 5.91 Å². The molecule has 2 aromatic rings. The van der Waals surface area contributed by atoms with Gasteiger partial charge in [0.05, 0.1) is 11.6 Å². The summed E-state index contributed by atoms with van der Waals surface area (Å²) in [7, 11) is 0. The summed E-state index contributed by atoms with van der Waals surface area (Å²) in [6.45, 7) is 5.91. The van der Waals surface area contributed by atoms with Crippen LogP contribution in [0.4, 0.5) is 0 Å². The van der Waals surface area contributed by atoms with Gasteiger partial charge in [-0.2, -0.15) is 5.10 Å². The second-order valence-electron chi connectivity index (χ2n) is 5.95. The molecule has 0 bridgehead atoms. The highest BCUT2D eigenvalue weighted by molar-refractivity contribution is 5.92. The van der Waals surface area contributed by atoms with E-state index in [-0.39, 0.29) is 18.1 Å². The van der Waals surface area contributed by atoms with Crippen LogP contribution in [-0.4, -0.2) is 33.3 Å². The van der Waals surface area contributed by atoms with Crippen molar-refractivity contribution in [1.29, 1.82) is 0 Å². The molecule has 0 aliphatic carbocycles. The predicted molar refractivity (Wildman–Crippen MR) is 91.4 cm³/mol. The van der Waals surface area contributed by atoms with Crippen LogP contribution < -0.4 is 5.32 Å². The van der Waals surface area contributed by atoms with E-state index in [1.165, 1.54) is 0 Å². The average molecular weight is 329 g/mol. The minimum absolute atomic E-state index is 0.110. The first-order valence-corrected chi connectivity index (χ1v) is 8.07. The van der Waals surface area contributed by atoms with Gasteiger partial charge < -0.3 is 10.4 Å². The van der Waals surface area contributed by atoms with E-state index in [9.17, 15) is 9.59 Å². The second-order valence-corrected chi connectivity index (χ2v) is 5.95. The van der Waals surface area contributed by atoms with Crippen molar-refractivity contribution in [3.8, 4) is 5.69 Å². The van der Waals surface area contributed by atoms with E-state index in [0.29, 0.717) is 6.42 Å². The van der Waals surface area contributed by atoms with Gasteiger partial charge in [-0.05, 0) is 38.5 Å². The number of aryl methyl sites for hydroxylation is 2. The average Bonchev–Trinajstić information content (AvgIpc) is 2.93. The van der Waals surface area contributed by atoms with Gasteiger partial charge in [0, 0.05) is 12.2 Å². The summed E-state index contributed by atoms with van der Waals surface area (Å²) in [4.78, 5) is 23.4. The smallest absolute Gasteiger partial charge is 0.308 e. The highest BCUT2D eigenvalue weighted by Gasteiger charge is 2.19. The lowest BCUT2D eigenvalue weighted by atomic mass is 10.0. The van der Waals surface area contributed by atoms with Gasteiger partial charge >= 0.3 is 5.97 Å². The topological polar surface area (TPSA) is 84.2 Å². The third-order valence-electron chi connectivity index (χ3n) is 3.89. The molecule has 1 unspecified atom stereocenters. The highest BCUT2D eigenvalue weighted by Crippen LogP contribution is 2.13. The molecular formula is C18H23N3O3. The van der Waals surface area contributed by atoms with Crippen molar-refractivity contribution in [3.05, 3.63) is 47.3 Å². The lowest BCUT2D eigenvalue weighted by Gasteiger charge is -2.11. The number of hydrogen-bond donors (Lipinski definition) is 2. The van der Waals surface area contributed by atoms with Crippen molar-refractivity contribution in [2.24, 2.45) is 5.92 Å². The zero-order valence-electron chi connectivity index (χ0n) is 14.2. The van der Waals surface area contributed by atoms with Crippen LogP contribution in [0.2, 0.25) is 0 Å². The number of carbonyl (C=O) groups is 2. The number of nitrogens with one attached hydrogen (secondary N) is 1. The molecule has 1 aromatic carbocycles. The van der Waals surface area contributed by atoms with Crippen molar-refractivity contribution >= 4 is 11.9 Å². The quantitative estimate of drug-likeness (QED) is 0.818. The number of aromatic nitrogens is 2. The molecule has 0 spiro atoms. The van der Waals surface area contributed by atoms with Crippen molar-refractivity contribution in [3.63, 3.8) is 0 Å². The van der Waals surface area contributed by atoms with Crippen molar-refractivity contribution in [1.82, 2.24) is 15.1 Å². The van der Waals surface area contributed by atoms with Crippen LogP contribution in [0.15, 0.2) is 30.3 Å². The number of amides is 1. The zero-order valence-corrected chi connectivity index (χ0v) is 14.2. The first-order chi connectivity index (χ1) is 11.4. The van der Waals surface area contributed by atoms with Gasteiger partial charge in [0.2, 0.25) is 0 Å². The molecule has 0 aliphatic rings. The van der Waals surface area contributed by atoms with Gasteiger partial charge in [0.1, 0.15) is 0 Å². The van der Waals surface area contributed by atoms with Crippen LogP contribution in [0, 0.1) is 19.8 Å². The highest BCUT2D eigenvalue weighted by atomic mass is 16.4. The number of carboxylic acids is 1. The van der Waals surface area contributed by atoms with E-state index in [1.54, 1.807) is 10.7 Å². The maximum absolute atomic E-state index is 12.2. The summed E-state index contributed by atoms with van der Waals surface area (Å²) in [6.07, 6.45) is 1.29. The Morgan fingerprint density at radius 3 is 2.50 bits per heavy atom. The molecule has 2 N–H and O–H groups in total. The summed E-state index contributed by atoms with van der Waals surface area (Å²) in [5.74, 6) is -1.82. The lowest BCUT2D eigenvalue weighted by Crippen LogP contribution is -2.33. The molecule has 1 atom stereocenters. The summed E-state index contributed by atoms with van der Waals surface area (Å²) < 4.78 is 1.70. The molecular weight excluding hydrogens is 306 g/mol. The zero-order chi connectivity index (χ0) is 17.7. The minimum Gasteiger partial charge on any atom is -0.481 e. The van der Waals surface area contributed by atoms with Gasteiger partial charge in [-0.1, -0.05) is 31.0 Å². The number of hydrogen-bond acceptors (Lipinski definition) is 3. The lowest BCUT2D eigenvalue weighted by molar-refractivity contribution is -0.141. The van der Waals surface area contributed by atoms with Gasteiger partial charge in [0.15, 0.2) is 5.69 Å². The molecule has 128 valence electrons. The standard InChI is InChI=1S/C18H23N3O3/c1-4-5-14(18(23)24)11-19-17(22)16-10-13(3)21(20-16)15-8-6-12(2)7-9-15/h6-10,14H,4-5,11H2,1-3H3,(H,19,22)(H,23,24). The van der Waals surface area contributed by atoms with E-state index in [1.807, 2.05) is 45.0 Å². The van der Waals surface area contributed by atoms with Crippen LogP contribution >= 0.6 is 0 Å². The Hall–Kier alpha value is -2.63. The molecule has 1 heterocycles. The van der Waals surface area contributed by atoms with Gasteiger partial charge in [-0.3, -0.25) is 9.59 Å². The van der Waals surface area contributed by atoms with E-state index < -0.39 is 11.9 Å². The Labute approximate surface area is 141 Å². The first-order valence-electron chi connectivity index (χ1n) is 8.07. The van der Waals surface area contributed by atoms with E-state index in [4.69, 9.17) is 5.11 Å². The Morgan fingerprint density at radius 1 is 1.25 bits per heavy atom. The van der Waals surface area contributed by atoms with Gasteiger partial charge in [-0.15, -0.1) is 0 Å². The number of rotatable bonds is 7. The van der Waals surface area contributed by atoms with Crippen LogP contribution in [0.3, 0.4) is 0 Å². The van der Waals surface area contributed by atoms with E-state index >= 15 is 0 Å². The molecule has 1 amide bonds. The molecule has 0 radical (unpaired) electrons. The van der Waals surface area contributed by atoms with Crippen LogP contribution in [0.5, 0.6) is 0 Å². The summed E-state index contributed by atoms with van der Waals surface area (Å²) >= 11 is 0. The molecule has 6 nitrogen and oxygen atoms in total. The normalized spacial score (nSPS) is 12.0. The minimum atomic E-state index is -0.890. The van der Waals surface area contributed by atoms with Crippen LogP contribution in [-0.2, 0) is 4.79 Å². The number of carboxylic acid groups (broad SMARTS) is 1. The number of aliphatic carboxylic acids is 1. The predicted octanol–water partition coefficient (Wildman–Crippen LogP) is 2.72. The number of benzene rings is 1. The summed E-state index contributed by atoms with van der Waals surface area (Å²) in [5, 5.41) is 16.1. The van der Waals surface area contributed by atoms with Crippen LogP contribution in [0.25, 0.3) is 5.69 Å². The molecule has 0 saturated heterocycles. The van der Waals surface area contributed by atoms with Crippen molar-refractivity contribution < 1.29 is 14.7 Å². The molecule has 0 fully saturated rings. The molecule has 2 rings (SSSR count). The fourth-order valence-corrected chi connectivity index (χ4v) is 2.50. The Morgan fingerprint density at radius 2 is 1.92 bits per heavy atom. The van der Waals surface area contributed by atoms with Gasteiger partial charge in [-0.25, -0.2) is 4.68 Å². The monoisotopic (exact) mass is 329 g/mol. The van der Waals surface area contributed by atoms with E-state index in [0.717, 1.165) is 23.4 Å². The summed E-state index contributed by atoms with van der Waals surface area (Å²) in [5.41, 5.74) is 3.16. The van der Waals surface area contributed by atoms with Crippen molar-refractivity contribution in [2.75, 3.05) is 6.54 Å². The maximum Gasteiger partial charge on any atom is 0.308 e. The second kappa shape index (κ2) is 7.77. The molecule has 6 heteroatoms. The van der Waals surface area contributed by atoms with Crippen molar-refractivity contribution in [2.45, 2.75) is 33.6 Å². The molecule has 0 saturated carbocycles. The molecule has 24 heavy (non-hydrogen) atoms. The largest absolute Gasteiger partial charge is 0.481 e. The van der Waals surface area contributed by atoms with E-state index in [2.05, 4.69) is 10.4 Å². The number of carbonyl (C=O) groups excluding carboxylic acids is 1. The SMILES string of the molecule is CCCC(CNC(=O)c1cc(C)n(-c2ccc(C)cc2)n1)C(=O)O. The Balaban J connectivity index is 2.09.